The fourth-order valence-electron chi connectivity index (χ4n) is 1.09. The maximum absolute atomic E-state index is 4.30. The zero-order valence-electron chi connectivity index (χ0n) is 6.21. The Kier molecular flexibility index (Phi) is 1.85. The highest BCUT2D eigenvalue weighted by atomic mass is 127. The van der Waals surface area contributed by atoms with E-state index >= 15 is 0 Å². The normalized spacial score (nSPS) is 13.9. The first-order chi connectivity index (χ1) is 5.38. The van der Waals surface area contributed by atoms with Crippen molar-refractivity contribution in [3.8, 4) is 0 Å². The van der Waals surface area contributed by atoms with Crippen LogP contribution in [0.15, 0.2) is 12.3 Å². The number of halogens is 1. The van der Waals surface area contributed by atoms with E-state index in [1.54, 1.807) is 0 Å². The van der Waals surface area contributed by atoms with Crippen LogP contribution in [0.1, 0.15) is 5.56 Å². The Bertz CT molecular complexity index is 418. The van der Waals surface area contributed by atoms with Crippen molar-refractivity contribution in [3.63, 3.8) is 0 Å². The molecule has 1 aromatic rings. The van der Waals surface area contributed by atoms with Gasteiger partial charge in [-0.05, 0) is 32.7 Å². The molecule has 2 heterocycles. The molecular formula is C9H8IN. The molecule has 0 fully saturated rings. The number of rotatable bonds is 0. The SMILES string of the molecule is Cc1ccnc2c1=CC=IC=2. The second-order valence-electron chi connectivity index (χ2n) is 2.45. The molecule has 0 amide bonds. The zero-order valence-corrected chi connectivity index (χ0v) is 8.37. The number of pyridine rings is 1. The molecule has 0 bridgehead atoms. The summed E-state index contributed by atoms with van der Waals surface area (Å²) in [6, 6.07) is 2.06. The Balaban J connectivity index is 2.95. The van der Waals surface area contributed by atoms with Crippen LogP contribution in [0, 0.1) is 6.92 Å². The van der Waals surface area contributed by atoms with Gasteiger partial charge >= 0.3 is 0 Å². The fourth-order valence-corrected chi connectivity index (χ4v) is 2.70. The summed E-state index contributed by atoms with van der Waals surface area (Å²) in [5, 5.41) is 2.48. The summed E-state index contributed by atoms with van der Waals surface area (Å²) in [6.07, 6.45) is 4.08. The zero-order chi connectivity index (χ0) is 7.68. The third-order valence-corrected chi connectivity index (χ3v) is 3.43. The highest BCUT2D eigenvalue weighted by molar-refractivity contribution is 14.2. The van der Waals surface area contributed by atoms with Crippen LogP contribution in [-0.2, 0) is 0 Å². The first kappa shape index (κ1) is 7.16. The fraction of sp³-hybridized carbons (Fsp3) is 0.111. The van der Waals surface area contributed by atoms with E-state index in [0.717, 1.165) is 0 Å². The van der Waals surface area contributed by atoms with Crippen molar-refractivity contribution in [2.24, 2.45) is 0 Å². The molecule has 56 valence electrons. The van der Waals surface area contributed by atoms with Crippen LogP contribution in [0.5, 0.6) is 0 Å². The van der Waals surface area contributed by atoms with Crippen molar-refractivity contribution >= 4 is 34.9 Å². The van der Waals surface area contributed by atoms with Crippen LogP contribution >= 0.6 is 20.7 Å². The van der Waals surface area contributed by atoms with E-state index in [-0.39, 0.29) is 20.7 Å². The van der Waals surface area contributed by atoms with Crippen LogP contribution in [0.25, 0.3) is 10.2 Å². The molecule has 1 aliphatic rings. The highest BCUT2D eigenvalue weighted by Gasteiger charge is 1.91. The van der Waals surface area contributed by atoms with Gasteiger partial charge in [-0.25, -0.2) is 0 Å². The van der Waals surface area contributed by atoms with Crippen molar-refractivity contribution in [1.29, 1.82) is 0 Å². The van der Waals surface area contributed by atoms with Gasteiger partial charge < -0.3 is 0 Å². The van der Waals surface area contributed by atoms with Gasteiger partial charge in [0.1, 0.15) is 0 Å². The summed E-state index contributed by atoms with van der Waals surface area (Å²) in [4.78, 5) is 4.30. The molecule has 0 saturated carbocycles. The molecule has 1 aromatic heterocycles. The van der Waals surface area contributed by atoms with E-state index in [2.05, 4.69) is 32.1 Å². The first-order valence-electron chi connectivity index (χ1n) is 3.45. The van der Waals surface area contributed by atoms with Crippen LogP contribution < -0.4 is 10.6 Å². The first-order valence-corrected chi connectivity index (χ1v) is 5.94. The predicted octanol–water partition coefficient (Wildman–Crippen LogP) is 0.695. The van der Waals surface area contributed by atoms with Gasteiger partial charge in [0.05, 0.1) is 5.35 Å². The van der Waals surface area contributed by atoms with Crippen LogP contribution in [0.3, 0.4) is 0 Å². The lowest BCUT2D eigenvalue weighted by Crippen LogP contribution is -2.30. The standard InChI is InChI=1S/C9H8IN/c1-7-3-5-11-9-6-10-4-2-8(7)9/h2-6H,1H3. The van der Waals surface area contributed by atoms with E-state index in [9.17, 15) is 0 Å². The summed E-state index contributed by atoms with van der Waals surface area (Å²) in [5.41, 5.74) is 1.33. The summed E-state index contributed by atoms with van der Waals surface area (Å²) < 4.78 is 4.54. The maximum atomic E-state index is 4.30. The molecule has 1 aliphatic heterocycles. The second kappa shape index (κ2) is 2.85. The Labute approximate surface area is 75.2 Å². The van der Waals surface area contributed by atoms with E-state index in [1.807, 2.05) is 6.20 Å². The third-order valence-electron chi connectivity index (χ3n) is 1.71. The van der Waals surface area contributed by atoms with Crippen molar-refractivity contribution in [2.75, 3.05) is 0 Å². The van der Waals surface area contributed by atoms with Crippen molar-refractivity contribution in [1.82, 2.24) is 4.98 Å². The lowest BCUT2D eigenvalue weighted by atomic mass is 10.2. The number of fused-ring (bicyclic) bond motifs is 1. The largest absolute Gasteiger partial charge is 0.256 e. The van der Waals surface area contributed by atoms with Gasteiger partial charge in [0.2, 0.25) is 0 Å². The lowest BCUT2D eigenvalue weighted by molar-refractivity contribution is 1.19. The quantitative estimate of drug-likeness (QED) is 0.623. The minimum atomic E-state index is 0.145. The molecular weight excluding hydrogens is 249 g/mol. The van der Waals surface area contributed by atoms with Gasteiger partial charge in [-0.15, -0.1) is 0 Å². The van der Waals surface area contributed by atoms with Crippen molar-refractivity contribution in [2.45, 2.75) is 6.92 Å². The lowest BCUT2D eigenvalue weighted by Gasteiger charge is -1.95. The number of hydrogen-bond donors (Lipinski definition) is 0. The number of hydrogen-bond acceptors (Lipinski definition) is 1. The van der Waals surface area contributed by atoms with Crippen LogP contribution in [0.4, 0.5) is 0 Å². The summed E-state index contributed by atoms with van der Waals surface area (Å²) in [7, 11) is 0. The Morgan fingerprint density at radius 1 is 1.45 bits per heavy atom. The van der Waals surface area contributed by atoms with Gasteiger partial charge in [-0.1, -0.05) is 20.7 Å². The molecule has 2 heteroatoms. The molecule has 11 heavy (non-hydrogen) atoms. The van der Waals surface area contributed by atoms with Gasteiger partial charge in [-0.3, -0.25) is 4.98 Å². The van der Waals surface area contributed by atoms with Gasteiger partial charge in [0.15, 0.2) is 0 Å². The topological polar surface area (TPSA) is 12.9 Å². The number of nitrogens with zero attached hydrogens (tertiary/aromatic N) is 1. The minimum absolute atomic E-state index is 0.145. The molecule has 1 nitrogen and oxygen atoms in total. The van der Waals surface area contributed by atoms with Crippen LogP contribution in [0.2, 0.25) is 0 Å². The Morgan fingerprint density at radius 2 is 2.36 bits per heavy atom. The molecule has 0 N–H and O–H groups in total. The molecule has 0 radical (unpaired) electrons. The number of aromatic nitrogens is 1. The Hall–Kier alpha value is -0.510. The van der Waals surface area contributed by atoms with Crippen molar-refractivity contribution in [3.05, 3.63) is 28.4 Å². The van der Waals surface area contributed by atoms with Crippen LogP contribution in [-0.4, -0.2) is 9.00 Å². The van der Waals surface area contributed by atoms with E-state index < -0.39 is 0 Å². The third kappa shape index (κ3) is 1.27. The smallest absolute Gasteiger partial charge is 0.0761 e. The number of aryl methyl sites for hydroxylation is 1. The summed E-state index contributed by atoms with van der Waals surface area (Å²) in [5.74, 6) is 0. The average molecular weight is 257 g/mol. The Morgan fingerprint density at radius 3 is 3.18 bits per heavy atom. The van der Waals surface area contributed by atoms with Gasteiger partial charge in [0, 0.05) is 11.4 Å². The van der Waals surface area contributed by atoms with Crippen molar-refractivity contribution < 1.29 is 0 Å². The molecule has 0 aromatic carbocycles. The second-order valence-corrected chi connectivity index (χ2v) is 4.52. The average Bonchev–Trinajstić information content (AvgIpc) is 2.06. The van der Waals surface area contributed by atoms with Gasteiger partial charge in [0.25, 0.3) is 0 Å². The predicted molar refractivity (Wildman–Crippen MR) is 57.2 cm³/mol. The molecule has 0 unspecified atom stereocenters. The summed E-state index contributed by atoms with van der Waals surface area (Å²) in [6.45, 7) is 2.13. The molecule has 0 spiro atoms. The van der Waals surface area contributed by atoms with E-state index in [1.165, 1.54) is 16.1 Å². The highest BCUT2D eigenvalue weighted by Crippen LogP contribution is 1.97. The molecule has 0 aliphatic carbocycles. The van der Waals surface area contributed by atoms with E-state index in [4.69, 9.17) is 0 Å². The minimum Gasteiger partial charge on any atom is -0.256 e. The maximum Gasteiger partial charge on any atom is 0.0761 e. The van der Waals surface area contributed by atoms with Gasteiger partial charge in [-0.2, -0.15) is 0 Å². The molecule has 2 rings (SSSR count). The monoisotopic (exact) mass is 257 g/mol. The molecule has 0 saturated heterocycles. The molecule has 0 atom stereocenters. The summed E-state index contributed by atoms with van der Waals surface area (Å²) >= 11 is 0.145. The van der Waals surface area contributed by atoms with E-state index in [0.29, 0.717) is 0 Å².